The van der Waals surface area contributed by atoms with Gasteiger partial charge in [-0.1, -0.05) is 12.1 Å². The van der Waals surface area contributed by atoms with E-state index in [-0.39, 0.29) is 30.1 Å². The topological polar surface area (TPSA) is 49.9 Å². The van der Waals surface area contributed by atoms with Gasteiger partial charge in [0.25, 0.3) is 5.91 Å². The van der Waals surface area contributed by atoms with E-state index >= 15 is 0 Å². The molecule has 1 aromatic carbocycles. The Morgan fingerprint density at radius 3 is 2.38 bits per heavy atom. The van der Waals surface area contributed by atoms with Crippen molar-refractivity contribution in [1.29, 1.82) is 0 Å². The third-order valence-electron chi connectivity index (χ3n) is 4.80. The van der Waals surface area contributed by atoms with Crippen LogP contribution in [-0.4, -0.2) is 54.4 Å². The van der Waals surface area contributed by atoms with Gasteiger partial charge in [0.2, 0.25) is 5.91 Å². The molecule has 2 heterocycles. The van der Waals surface area contributed by atoms with Crippen LogP contribution in [0.1, 0.15) is 25.7 Å². The van der Waals surface area contributed by atoms with Gasteiger partial charge in [-0.05, 0) is 37.8 Å². The van der Waals surface area contributed by atoms with E-state index in [0.29, 0.717) is 25.9 Å². The number of hydrogen-bond donors (Lipinski definition) is 0. The first kappa shape index (κ1) is 16.7. The van der Waals surface area contributed by atoms with E-state index in [9.17, 15) is 14.0 Å². The molecule has 2 fully saturated rings. The largest absolute Gasteiger partial charge is 0.481 e. The molecule has 0 aliphatic carbocycles. The van der Waals surface area contributed by atoms with Gasteiger partial charge in [-0.15, -0.1) is 0 Å². The predicted molar refractivity (Wildman–Crippen MR) is 87.0 cm³/mol. The molecule has 1 aromatic rings. The molecule has 5 nitrogen and oxygen atoms in total. The van der Waals surface area contributed by atoms with Crippen LogP contribution in [0.2, 0.25) is 0 Å². The number of ether oxygens (including phenoxy) is 1. The first-order valence-electron chi connectivity index (χ1n) is 8.59. The normalized spacial score (nSPS) is 18.7. The Balaban J connectivity index is 1.45. The number of hydrogen-bond acceptors (Lipinski definition) is 3. The molecular formula is C18H23FN2O3. The summed E-state index contributed by atoms with van der Waals surface area (Å²) in [4.78, 5) is 28.2. The van der Waals surface area contributed by atoms with Crippen LogP contribution in [0, 0.1) is 11.7 Å². The minimum Gasteiger partial charge on any atom is -0.481 e. The Morgan fingerprint density at radius 1 is 1.04 bits per heavy atom. The van der Waals surface area contributed by atoms with Gasteiger partial charge < -0.3 is 14.5 Å². The van der Waals surface area contributed by atoms with E-state index in [0.717, 1.165) is 25.9 Å². The second-order valence-electron chi connectivity index (χ2n) is 6.41. The van der Waals surface area contributed by atoms with Crippen molar-refractivity contribution >= 4 is 11.8 Å². The molecule has 0 aromatic heterocycles. The molecule has 0 spiro atoms. The molecule has 2 aliphatic rings. The Hall–Kier alpha value is -2.11. The van der Waals surface area contributed by atoms with E-state index < -0.39 is 5.82 Å². The summed E-state index contributed by atoms with van der Waals surface area (Å²) in [5.41, 5.74) is 0. The highest BCUT2D eigenvalue weighted by Crippen LogP contribution is 2.22. The van der Waals surface area contributed by atoms with Gasteiger partial charge in [-0.25, -0.2) is 4.39 Å². The van der Waals surface area contributed by atoms with E-state index in [2.05, 4.69) is 0 Å². The molecule has 0 unspecified atom stereocenters. The number of nitrogens with zero attached hydrogens (tertiary/aromatic N) is 2. The van der Waals surface area contributed by atoms with Crippen LogP contribution >= 0.6 is 0 Å². The molecule has 130 valence electrons. The van der Waals surface area contributed by atoms with Crippen molar-refractivity contribution in [2.45, 2.75) is 25.7 Å². The van der Waals surface area contributed by atoms with Gasteiger partial charge in [0.05, 0.1) is 0 Å². The second-order valence-corrected chi connectivity index (χ2v) is 6.41. The quantitative estimate of drug-likeness (QED) is 0.847. The highest BCUT2D eigenvalue weighted by molar-refractivity contribution is 5.81. The van der Waals surface area contributed by atoms with Crippen molar-refractivity contribution in [1.82, 2.24) is 9.80 Å². The zero-order chi connectivity index (χ0) is 16.9. The average Bonchev–Trinajstić information content (AvgIpc) is 3.15. The lowest BCUT2D eigenvalue weighted by molar-refractivity contribution is -0.140. The van der Waals surface area contributed by atoms with E-state index in [1.54, 1.807) is 17.0 Å². The highest BCUT2D eigenvalue weighted by Gasteiger charge is 2.31. The number of amides is 2. The van der Waals surface area contributed by atoms with Crippen molar-refractivity contribution < 1.29 is 18.7 Å². The molecule has 2 aliphatic heterocycles. The summed E-state index contributed by atoms with van der Waals surface area (Å²) in [6.45, 7) is 2.68. The van der Waals surface area contributed by atoms with E-state index in [1.165, 1.54) is 12.1 Å². The Morgan fingerprint density at radius 2 is 1.71 bits per heavy atom. The summed E-state index contributed by atoms with van der Waals surface area (Å²) in [7, 11) is 0. The summed E-state index contributed by atoms with van der Waals surface area (Å²) in [5.74, 6) is -0.280. The van der Waals surface area contributed by atoms with Crippen LogP contribution in [0.5, 0.6) is 5.75 Å². The van der Waals surface area contributed by atoms with Crippen LogP contribution in [-0.2, 0) is 9.59 Å². The SMILES string of the molecule is O=C(COc1ccccc1F)N1CCC(C(=O)N2CCCC2)CC1. The van der Waals surface area contributed by atoms with Gasteiger partial charge in [-0.3, -0.25) is 9.59 Å². The molecule has 0 radical (unpaired) electrons. The minimum absolute atomic E-state index is 0.0274. The number of likely N-dealkylation sites (tertiary alicyclic amines) is 2. The fourth-order valence-corrected chi connectivity index (χ4v) is 3.36. The lowest BCUT2D eigenvalue weighted by atomic mass is 9.95. The lowest BCUT2D eigenvalue weighted by Crippen LogP contribution is -2.45. The zero-order valence-electron chi connectivity index (χ0n) is 13.7. The number of piperidine rings is 1. The molecule has 2 saturated heterocycles. The molecule has 2 amide bonds. The van der Waals surface area contributed by atoms with Crippen LogP contribution in [0.25, 0.3) is 0 Å². The van der Waals surface area contributed by atoms with Crippen LogP contribution in [0.15, 0.2) is 24.3 Å². The minimum atomic E-state index is -0.472. The maximum Gasteiger partial charge on any atom is 0.260 e. The molecule has 0 atom stereocenters. The molecular weight excluding hydrogens is 311 g/mol. The van der Waals surface area contributed by atoms with Gasteiger partial charge in [0.15, 0.2) is 18.2 Å². The van der Waals surface area contributed by atoms with Crippen molar-refractivity contribution in [3.63, 3.8) is 0 Å². The van der Waals surface area contributed by atoms with Crippen molar-refractivity contribution in [2.75, 3.05) is 32.8 Å². The molecule has 6 heteroatoms. The molecule has 24 heavy (non-hydrogen) atoms. The first-order chi connectivity index (χ1) is 11.6. The number of para-hydroxylation sites is 1. The third kappa shape index (κ3) is 3.86. The number of benzene rings is 1. The van der Waals surface area contributed by atoms with Gasteiger partial charge in [0, 0.05) is 32.1 Å². The van der Waals surface area contributed by atoms with Crippen molar-refractivity contribution in [3.8, 4) is 5.75 Å². The lowest BCUT2D eigenvalue weighted by Gasteiger charge is -2.33. The standard InChI is InChI=1S/C18H23FN2O3/c19-15-5-1-2-6-16(15)24-13-17(22)20-11-7-14(8-12-20)18(23)21-9-3-4-10-21/h1-2,5-6,14H,3-4,7-13H2. The Bertz CT molecular complexity index is 594. The fourth-order valence-electron chi connectivity index (χ4n) is 3.36. The third-order valence-corrected chi connectivity index (χ3v) is 4.80. The van der Waals surface area contributed by atoms with Crippen molar-refractivity contribution in [2.24, 2.45) is 5.92 Å². The zero-order valence-corrected chi connectivity index (χ0v) is 13.7. The van der Waals surface area contributed by atoms with E-state index in [4.69, 9.17) is 4.74 Å². The predicted octanol–water partition coefficient (Wildman–Crippen LogP) is 2.07. The average molecular weight is 334 g/mol. The summed E-state index contributed by atoms with van der Waals surface area (Å²) >= 11 is 0. The van der Waals surface area contributed by atoms with Gasteiger partial charge in [-0.2, -0.15) is 0 Å². The summed E-state index contributed by atoms with van der Waals surface area (Å²) in [5, 5.41) is 0. The number of carbonyl (C=O) groups is 2. The fraction of sp³-hybridized carbons (Fsp3) is 0.556. The van der Waals surface area contributed by atoms with Crippen LogP contribution in [0.4, 0.5) is 4.39 Å². The number of carbonyl (C=O) groups excluding carboxylic acids is 2. The van der Waals surface area contributed by atoms with Crippen LogP contribution < -0.4 is 4.74 Å². The summed E-state index contributed by atoms with van der Waals surface area (Å²) < 4.78 is 18.7. The number of halogens is 1. The summed E-state index contributed by atoms with van der Waals surface area (Å²) in [6, 6.07) is 6.04. The maximum atomic E-state index is 13.5. The molecule has 0 saturated carbocycles. The first-order valence-corrected chi connectivity index (χ1v) is 8.59. The highest BCUT2D eigenvalue weighted by atomic mass is 19.1. The summed E-state index contributed by atoms with van der Waals surface area (Å²) in [6.07, 6.45) is 3.58. The Kier molecular flexibility index (Phi) is 5.33. The molecule has 0 bridgehead atoms. The van der Waals surface area contributed by atoms with Crippen molar-refractivity contribution in [3.05, 3.63) is 30.1 Å². The monoisotopic (exact) mass is 334 g/mol. The van der Waals surface area contributed by atoms with Gasteiger partial charge in [0.1, 0.15) is 0 Å². The Labute approximate surface area is 141 Å². The smallest absolute Gasteiger partial charge is 0.260 e. The molecule has 3 rings (SSSR count). The number of rotatable bonds is 4. The van der Waals surface area contributed by atoms with Gasteiger partial charge >= 0.3 is 0 Å². The maximum absolute atomic E-state index is 13.5. The molecule has 0 N–H and O–H groups in total. The second kappa shape index (κ2) is 7.64. The van der Waals surface area contributed by atoms with Crippen LogP contribution in [0.3, 0.4) is 0 Å². The van der Waals surface area contributed by atoms with E-state index in [1.807, 2.05) is 4.90 Å².